The lowest BCUT2D eigenvalue weighted by Gasteiger charge is -2.19. The van der Waals surface area contributed by atoms with E-state index in [1.165, 1.54) is 31.2 Å². The Morgan fingerprint density at radius 3 is 2.10 bits per heavy atom. The molecule has 0 saturated carbocycles. The van der Waals surface area contributed by atoms with E-state index in [0.29, 0.717) is 11.3 Å². The fraction of sp³-hybridized carbons (Fsp3) is 0.300. The Kier molecular flexibility index (Phi) is 7.79. The monoisotopic (exact) mass is 427 g/mol. The lowest BCUT2D eigenvalue weighted by Crippen LogP contribution is -2.48. The van der Waals surface area contributed by atoms with Gasteiger partial charge in [-0.3, -0.25) is 9.59 Å². The van der Waals surface area contributed by atoms with Crippen molar-refractivity contribution < 1.29 is 42.4 Å². The van der Waals surface area contributed by atoms with Crippen LogP contribution in [0.4, 0.5) is 13.2 Å². The van der Waals surface area contributed by atoms with Crippen molar-refractivity contribution >= 4 is 11.7 Å². The maximum absolute atomic E-state index is 12.2. The van der Waals surface area contributed by atoms with Crippen LogP contribution in [0.2, 0.25) is 0 Å². The molecule has 0 aliphatic heterocycles. The highest BCUT2D eigenvalue weighted by Gasteiger charge is 2.31. The Balaban J connectivity index is 1.92. The molecule has 0 bridgehead atoms. The number of hydrogen-bond acceptors (Lipinski definition) is 6. The van der Waals surface area contributed by atoms with Gasteiger partial charge >= 0.3 is 6.36 Å². The molecule has 0 unspecified atom stereocenters. The van der Waals surface area contributed by atoms with Crippen LogP contribution >= 0.6 is 0 Å². The van der Waals surface area contributed by atoms with E-state index in [1.807, 2.05) is 0 Å². The topological polar surface area (TPSA) is 105 Å². The normalized spacial score (nSPS) is 13.3. The molecule has 0 radical (unpaired) electrons. The number of benzene rings is 2. The standard InChI is InChI=1S/C20H20F3NO6/c1-12(26)18(17(27)10-25)24-19(28)14-4-2-13(3-5-14)11-29-15-6-8-16(9-7-15)30-20(21,22)23/h2-9,12,18,25-26H,10-11H2,1H3,(H,24,28)/t12-,18+/m1/s1. The van der Waals surface area contributed by atoms with Gasteiger partial charge < -0.3 is 25.0 Å². The second kappa shape index (κ2) is 10.1. The summed E-state index contributed by atoms with van der Waals surface area (Å²) in [7, 11) is 0. The van der Waals surface area contributed by atoms with Gasteiger partial charge in [-0.15, -0.1) is 13.2 Å². The fourth-order valence-electron chi connectivity index (χ4n) is 2.45. The van der Waals surface area contributed by atoms with Gasteiger partial charge in [-0.05, 0) is 48.9 Å². The third kappa shape index (κ3) is 7.05. The van der Waals surface area contributed by atoms with Crippen LogP contribution in [0.25, 0.3) is 0 Å². The smallest absolute Gasteiger partial charge is 0.489 e. The van der Waals surface area contributed by atoms with Crippen LogP contribution in [0.5, 0.6) is 11.5 Å². The highest BCUT2D eigenvalue weighted by molar-refractivity contribution is 5.98. The van der Waals surface area contributed by atoms with Crippen molar-refractivity contribution in [2.24, 2.45) is 0 Å². The minimum Gasteiger partial charge on any atom is -0.489 e. The summed E-state index contributed by atoms with van der Waals surface area (Å²) in [6, 6.07) is 9.85. The van der Waals surface area contributed by atoms with Crippen LogP contribution < -0.4 is 14.8 Å². The number of aliphatic hydroxyl groups is 2. The molecular weight excluding hydrogens is 407 g/mol. The Hall–Kier alpha value is -3.11. The first-order valence-electron chi connectivity index (χ1n) is 8.79. The average Bonchev–Trinajstić information content (AvgIpc) is 2.69. The molecule has 0 aliphatic carbocycles. The SMILES string of the molecule is C[C@@H](O)[C@H](NC(=O)c1ccc(COc2ccc(OC(F)(F)F)cc2)cc1)C(=O)CO. The Bertz CT molecular complexity index is 850. The lowest BCUT2D eigenvalue weighted by atomic mass is 10.1. The van der Waals surface area contributed by atoms with Gasteiger partial charge in [0.1, 0.15) is 30.8 Å². The van der Waals surface area contributed by atoms with Crippen molar-refractivity contribution in [2.45, 2.75) is 32.0 Å². The molecule has 10 heteroatoms. The number of ketones is 1. The van der Waals surface area contributed by atoms with Crippen molar-refractivity contribution in [3.8, 4) is 11.5 Å². The average molecular weight is 427 g/mol. The summed E-state index contributed by atoms with van der Waals surface area (Å²) >= 11 is 0. The zero-order chi connectivity index (χ0) is 22.3. The summed E-state index contributed by atoms with van der Waals surface area (Å²) in [4.78, 5) is 23.8. The number of carbonyl (C=O) groups is 2. The first-order chi connectivity index (χ1) is 14.1. The lowest BCUT2D eigenvalue weighted by molar-refractivity contribution is -0.274. The van der Waals surface area contributed by atoms with E-state index in [2.05, 4.69) is 10.1 Å². The molecule has 2 rings (SSSR count). The van der Waals surface area contributed by atoms with Crippen molar-refractivity contribution in [3.63, 3.8) is 0 Å². The summed E-state index contributed by atoms with van der Waals surface area (Å²) in [5, 5.41) is 20.8. The van der Waals surface area contributed by atoms with Crippen molar-refractivity contribution in [3.05, 3.63) is 59.7 Å². The van der Waals surface area contributed by atoms with Crippen LogP contribution in [-0.4, -0.2) is 47.0 Å². The number of rotatable bonds is 9. The molecule has 162 valence electrons. The number of hydrogen-bond donors (Lipinski definition) is 3. The van der Waals surface area contributed by atoms with Gasteiger partial charge in [0, 0.05) is 5.56 Å². The maximum atomic E-state index is 12.2. The molecule has 7 nitrogen and oxygen atoms in total. The molecule has 0 fully saturated rings. The Labute approximate surface area is 170 Å². The summed E-state index contributed by atoms with van der Waals surface area (Å²) < 4.78 is 45.7. The summed E-state index contributed by atoms with van der Waals surface area (Å²) in [5.74, 6) is -1.35. The number of aliphatic hydroxyl groups excluding tert-OH is 2. The Morgan fingerprint density at radius 2 is 1.60 bits per heavy atom. The van der Waals surface area contributed by atoms with E-state index in [0.717, 1.165) is 12.1 Å². The molecule has 0 saturated heterocycles. The molecule has 1 amide bonds. The minimum atomic E-state index is -4.77. The largest absolute Gasteiger partial charge is 0.573 e. The molecule has 30 heavy (non-hydrogen) atoms. The molecule has 2 atom stereocenters. The van der Waals surface area contributed by atoms with Gasteiger partial charge in [0.25, 0.3) is 5.91 Å². The van der Waals surface area contributed by atoms with Gasteiger partial charge in [0.15, 0.2) is 5.78 Å². The Morgan fingerprint density at radius 1 is 1.03 bits per heavy atom. The quantitative estimate of drug-likeness (QED) is 0.567. The zero-order valence-corrected chi connectivity index (χ0v) is 15.8. The number of amides is 1. The van der Waals surface area contributed by atoms with Gasteiger partial charge in [0.05, 0.1) is 6.10 Å². The van der Waals surface area contributed by atoms with E-state index >= 15 is 0 Å². The predicted octanol–water partition coefficient (Wildman–Crippen LogP) is 2.20. The predicted molar refractivity (Wildman–Crippen MR) is 98.9 cm³/mol. The molecule has 0 spiro atoms. The van der Waals surface area contributed by atoms with E-state index in [1.54, 1.807) is 12.1 Å². The van der Waals surface area contributed by atoms with Crippen molar-refractivity contribution in [2.75, 3.05) is 6.61 Å². The van der Waals surface area contributed by atoms with Gasteiger partial charge in [0.2, 0.25) is 0 Å². The third-order valence-electron chi connectivity index (χ3n) is 3.95. The van der Waals surface area contributed by atoms with Gasteiger partial charge in [-0.1, -0.05) is 12.1 Å². The number of ether oxygens (including phenoxy) is 2. The zero-order valence-electron chi connectivity index (χ0n) is 15.8. The van der Waals surface area contributed by atoms with Crippen LogP contribution in [0.15, 0.2) is 48.5 Å². The number of alkyl halides is 3. The third-order valence-corrected chi connectivity index (χ3v) is 3.95. The van der Waals surface area contributed by atoms with E-state index < -0.39 is 36.8 Å². The van der Waals surface area contributed by atoms with E-state index in [9.17, 15) is 27.9 Å². The maximum Gasteiger partial charge on any atom is 0.573 e. The number of nitrogens with one attached hydrogen (secondary N) is 1. The fourth-order valence-corrected chi connectivity index (χ4v) is 2.45. The first kappa shape index (κ1) is 23.2. The number of halogens is 3. The number of Topliss-reactive ketones (excluding diaryl/α,β-unsaturated/α-hetero) is 1. The second-order valence-electron chi connectivity index (χ2n) is 6.32. The van der Waals surface area contributed by atoms with E-state index in [-0.39, 0.29) is 17.9 Å². The second-order valence-corrected chi connectivity index (χ2v) is 6.32. The molecule has 0 aromatic heterocycles. The van der Waals surface area contributed by atoms with E-state index in [4.69, 9.17) is 9.84 Å². The van der Waals surface area contributed by atoms with Crippen molar-refractivity contribution in [1.29, 1.82) is 0 Å². The molecule has 0 aliphatic rings. The summed E-state index contributed by atoms with van der Waals surface area (Å²) in [6.45, 7) is 0.608. The molecular formula is C20H20F3NO6. The minimum absolute atomic E-state index is 0.0979. The number of carbonyl (C=O) groups excluding carboxylic acids is 2. The van der Waals surface area contributed by atoms with Gasteiger partial charge in [-0.25, -0.2) is 0 Å². The summed E-state index contributed by atoms with van der Waals surface area (Å²) in [6.07, 6.45) is -5.94. The van der Waals surface area contributed by atoms with Crippen LogP contribution in [0.1, 0.15) is 22.8 Å². The molecule has 0 heterocycles. The molecule has 2 aromatic rings. The highest BCUT2D eigenvalue weighted by Crippen LogP contribution is 2.25. The van der Waals surface area contributed by atoms with Crippen molar-refractivity contribution in [1.82, 2.24) is 5.32 Å². The molecule has 3 N–H and O–H groups in total. The molecule has 2 aromatic carbocycles. The first-order valence-corrected chi connectivity index (χ1v) is 8.79. The summed E-state index contributed by atoms with van der Waals surface area (Å²) in [5.41, 5.74) is 0.907. The van der Waals surface area contributed by atoms with Crippen LogP contribution in [0.3, 0.4) is 0 Å². The van der Waals surface area contributed by atoms with Crippen LogP contribution in [-0.2, 0) is 11.4 Å². The van der Waals surface area contributed by atoms with Gasteiger partial charge in [-0.2, -0.15) is 0 Å². The van der Waals surface area contributed by atoms with Crippen LogP contribution in [0, 0.1) is 0 Å². The highest BCUT2D eigenvalue weighted by atomic mass is 19.4.